The largest absolute Gasteiger partial charge is 0.490 e. The predicted octanol–water partition coefficient (Wildman–Crippen LogP) is 3.36. The molecule has 2 aliphatic heterocycles. The van der Waals surface area contributed by atoms with Gasteiger partial charge in [-0.25, -0.2) is 0 Å². The van der Waals surface area contributed by atoms with Gasteiger partial charge in [0.15, 0.2) is 0 Å². The first-order chi connectivity index (χ1) is 9.80. The molecule has 0 amide bonds. The second-order valence-electron chi connectivity index (χ2n) is 5.87. The molecule has 2 fully saturated rings. The van der Waals surface area contributed by atoms with Crippen molar-refractivity contribution in [2.45, 2.75) is 50.7 Å². The van der Waals surface area contributed by atoms with Crippen molar-refractivity contribution in [1.82, 2.24) is 0 Å². The minimum atomic E-state index is 0.00449. The van der Waals surface area contributed by atoms with Gasteiger partial charge in [0, 0.05) is 26.1 Å². The molecule has 2 aliphatic rings. The molecule has 3 heteroatoms. The molecule has 3 nitrogen and oxygen atoms in total. The van der Waals surface area contributed by atoms with Crippen LogP contribution in [0.3, 0.4) is 0 Å². The molecule has 1 aromatic carbocycles. The maximum atomic E-state index is 6.16. The zero-order valence-electron chi connectivity index (χ0n) is 12.3. The molecule has 1 unspecified atom stereocenters. The van der Waals surface area contributed by atoms with Gasteiger partial charge in [-0.3, -0.25) is 0 Å². The summed E-state index contributed by atoms with van der Waals surface area (Å²) in [7, 11) is 0. The second kappa shape index (κ2) is 6.15. The van der Waals surface area contributed by atoms with E-state index in [1.807, 2.05) is 0 Å². The lowest BCUT2D eigenvalue weighted by atomic mass is 9.85. The molecule has 0 aromatic heterocycles. The third-order valence-electron chi connectivity index (χ3n) is 4.49. The van der Waals surface area contributed by atoms with Gasteiger partial charge in [0.1, 0.15) is 11.9 Å². The Morgan fingerprint density at radius 2 is 1.90 bits per heavy atom. The highest BCUT2D eigenvalue weighted by Crippen LogP contribution is 2.35. The van der Waals surface area contributed by atoms with Crippen LogP contribution in [0.1, 0.15) is 38.2 Å². The van der Waals surface area contributed by atoms with Crippen LogP contribution in [0, 0.1) is 0 Å². The second-order valence-corrected chi connectivity index (χ2v) is 5.87. The third-order valence-corrected chi connectivity index (χ3v) is 4.49. The summed E-state index contributed by atoms with van der Waals surface area (Å²) in [6.07, 6.45) is 5.32. The number of hydrogen-bond acceptors (Lipinski definition) is 3. The van der Waals surface area contributed by atoms with Crippen molar-refractivity contribution < 1.29 is 14.2 Å². The first kappa shape index (κ1) is 13.9. The summed E-state index contributed by atoms with van der Waals surface area (Å²) in [5.74, 6) is 0.983. The maximum absolute atomic E-state index is 6.16. The fourth-order valence-corrected chi connectivity index (χ4v) is 3.17. The Balaban J connectivity index is 1.61. The fourth-order valence-electron chi connectivity index (χ4n) is 3.17. The standard InChI is InChI=1S/C17H24O3/c1-2-14-3-5-15(6-4-14)20-16-7-10-19-17(13-16)8-11-18-12-9-17/h3-6,16H,2,7-13H2,1H3. The molecule has 2 saturated heterocycles. The quantitative estimate of drug-likeness (QED) is 0.847. The lowest BCUT2D eigenvalue weighted by molar-refractivity contribution is -0.155. The minimum Gasteiger partial charge on any atom is -0.490 e. The molecule has 0 radical (unpaired) electrons. The predicted molar refractivity (Wildman–Crippen MR) is 78.2 cm³/mol. The van der Waals surface area contributed by atoms with Gasteiger partial charge in [-0.2, -0.15) is 0 Å². The summed E-state index contributed by atoms with van der Waals surface area (Å²) in [5.41, 5.74) is 1.36. The molecular weight excluding hydrogens is 252 g/mol. The van der Waals surface area contributed by atoms with Gasteiger partial charge in [0.2, 0.25) is 0 Å². The minimum absolute atomic E-state index is 0.00449. The van der Waals surface area contributed by atoms with Gasteiger partial charge in [0.05, 0.1) is 12.2 Å². The fraction of sp³-hybridized carbons (Fsp3) is 0.647. The molecule has 110 valence electrons. The summed E-state index contributed by atoms with van der Waals surface area (Å²) < 4.78 is 17.7. The van der Waals surface area contributed by atoms with E-state index in [-0.39, 0.29) is 11.7 Å². The molecule has 1 spiro atoms. The molecule has 0 N–H and O–H groups in total. The van der Waals surface area contributed by atoms with E-state index in [4.69, 9.17) is 14.2 Å². The van der Waals surface area contributed by atoms with Gasteiger partial charge in [-0.15, -0.1) is 0 Å². The molecule has 0 saturated carbocycles. The Bertz CT molecular complexity index is 415. The van der Waals surface area contributed by atoms with Crippen LogP contribution in [-0.4, -0.2) is 31.5 Å². The number of hydrogen-bond donors (Lipinski definition) is 0. The molecular formula is C17H24O3. The Labute approximate surface area is 121 Å². The molecule has 2 heterocycles. The number of ether oxygens (including phenoxy) is 3. The zero-order chi connectivity index (χ0) is 13.8. The zero-order valence-corrected chi connectivity index (χ0v) is 12.3. The van der Waals surface area contributed by atoms with Crippen molar-refractivity contribution in [3.63, 3.8) is 0 Å². The van der Waals surface area contributed by atoms with Crippen LogP contribution in [0.5, 0.6) is 5.75 Å². The molecule has 0 aliphatic carbocycles. The highest BCUT2D eigenvalue weighted by Gasteiger charge is 2.39. The van der Waals surface area contributed by atoms with Crippen LogP contribution >= 0.6 is 0 Å². The third kappa shape index (κ3) is 3.15. The first-order valence-electron chi connectivity index (χ1n) is 7.77. The highest BCUT2D eigenvalue weighted by molar-refractivity contribution is 5.27. The van der Waals surface area contributed by atoms with Crippen molar-refractivity contribution in [2.24, 2.45) is 0 Å². The van der Waals surface area contributed by atoms with E-state index in [2.05, 4.69) is 31.2 Å². The van der Waals surface area contributed by atoms with Crippen molar-refractivity contribution in [1.29, 1.82) is 0 Å². The lowest BCUT2D eigenvalue weighted by Gasteiger charge is -2.43. The first-order valence-corrected chi connectivity index (χ1v) is 7.77. The molecule has 20 heavy (non-hydrogen) atoms. The van der Waals surface area contributed by atoms with Crippen LogP contribution in [0.25, 0.3) is 0 Å². The average Bonchev–Trinajstić information content (AvgIpc) is 2.49. The smallest absolute Gasteiger partial charge is 0.119 e. The Kier molecular flexibility index (Phi) is 4.27. The van der Waals surface area contributed by atoms with Crippen LogP contribution in [-0.2, 0) is 15.9 Å². The molecule has 0 bridgehead atoms. The summed E-state index contributed by atoms with van der Waals surface area (Å²) in [4.78, 5) is 0. The SMILES string of the molecule is CCc1ccc(OC2CCOC3(CCOCC3)C2)cc1. The molecule has 3 rings (SSSR count). The number of benzene rings is 1. The van der Waals surface area contributed by atoms with Crippen molar-refractivity contribution in [3.05, 3.63) is 29.8 Å². The molecule has 1 atom stereocenters. The number of aryl methyl sites for hydroxylation is 1. The van der Waals surface area contributed by atoms with Gasteiger partial charge in [0.25, 0.3) is 0 Å². The van der Waals surface area contributed by atoms with E-state index in [0.717, 1.165) is 57.7 Å². The Hall–Kier alpha value is -1.06. The van der Waals surface area contributed by atoms with Crippen molar-refractivity contribution in [2.75, 3.05) is 19.8 Å². The maximum Gasteiger partial charge on any atom is 0.119 e. The van der Waals surface area contributed by atoms with Crippen LogP contribution < -0.4 is 4.74 Å². The highest BCUT2D eigenvalue weighted by atomic mass is 16.5. The number of rotatable bonds is 3. The van der Waals surface area contributed by atoms with E-state index in [1.54, 1.807) is 0 Å². The van der Waals surface area contributed by atoms with Gasteiger partial charge < -0.3 is 14.2 Å². The normalized spacial score (nSPS) is 25.6. The molecule has 1 aromatic rings. The van der Waals surface area contributed by atoms with E-state index in [0.29, 0.717) is 0 Å². The summed E-state index contributed by atoms with van der Waals surface area (Å²) in [6, 6.07) is 8.48. The van der Waals surface area contributed by atoms with Crippen molar-refractivity contribution >= 4 is 0 Å². The van der Waals surface area contributed by atoms with Gasteiger partial charge in [-0.1, -0.05) is 19.1 Å². The summed E-state index contributed by atoms with van der Waals surface area (Å²) >= 11 is 0. The van der Waals surface area contributed by atoms with E-state index in [9.17, 15) is 0 Å². The van der Waals surface area contributed by atoms with Crippen molar-refractivity contribution in [3.8, 4) is 5.75 Å². The van der Waals surface area contributed by atoms with Crippen LogP contribution in [0.4, 0.5) is 0 Å². The average molecular weight is 276 g/mol. The van der Waals surface area contributed by atoms with E-state index >= 15 is 0 Å². The monoisotopic (exact) mass is 276 g/mol. The van der Waals surface area contributed by atoms with Crippen LogP contribution in [0.15, 0.2) is 24.3 Å². The Morgan fingerprint density at radius 1 is 1.15 bits per heavy atom. The summed E-state index contributed by atoms with van der Waals surface area (Å²) in [6.45, 7) is 4.61. The van der Waals surface area contributed by atoms with E-state index in [1.165, 1.54) is 5.56 Å². The lowest BCUT2D eigenvalue weighted by Crippen LogP contribution is -2.47. The van der Waals surface area contributed by atoms with Crippen LogP contribution in [0.2, 0.25) is 0 Å². The summed E-state index contributed by atoms with van der Waals surface area (Å²) in [5, 5.41) is 0. The topological polar surface area (TPSA) is 27.7 Å². The van der Waals surface area contributed by atoms with E-state index < -0.39 is 0 Å². The van der Waals surface area contributed by atoms with Gasteiger partial charge >= 0.3 is 0 Å². The Morgan fingerprint density at radius 3 is 2.60 bits per heavy atom. The van der Waals surface area contributed by atoms with Gasteiger partial charge in [-0.05, 0) is 37.0 Å².